The molecule has 0 aliphatic carbocycles. The molecule has 3 aromatic rings. The fraction of sp³-hybridized carbons (Fsp3) is 0.0909. The third-order valence-electron chi connectivity index (χ3n) is 4.53. The van der Waals surface area contributed by atoms with Crippen LogP contribution < -0.4 is 16.2 Å². The first kappa shape index (κ1) is 22.3. The van der Waals surface area contributed by atoms with Crippen molar-refractivity contribution in [2.75, 3.05) is 5.73 Å². The quantitative estimate of drug-likeness (QED) is 0.468. The van der Waals surface area contributed by atoms with E-state index in [1.54, 1.807) is 0 Å². The molecule has 3 rings (SSSR count). The normalized spacial score (nSPS) is 11.0. The minimum absolute atomic E-state index is 0.00367. The number of benzene rings is 2. The van der Waals surface area contributed by atoms with Crippen LogP contribution in [-0.4, -0.2) is 16.9 Å². The highest BCUT2D eigenvalue weighted by Gasteiger charge is 2.31. The lowest BCUT2D eigenvalue weighted by atomic mass is 9.93. The number of pyridine rings is 1. The maximum Gasteiger partial charge on any atom is 0.416 e. The number of hydrogen-bond acceptors (Lipinski definition) is 6. The van der Waals surface area contributed by atoms with Crippen molar-refractivity contribution < 1.29 is 27.5 Å². The van der Waals surface area contributed by atoms with Crippen molar-refractivity contribution in [3.63, 3.8) is 0 Å². The van der Waals surface area contributed by atoms with Gasteiger partial charge in [-0.3, -0.25) is 4.79 Å². The molecule has 2 aromatic carbocycles. The van der Waals surface area contributed by atoms with Gasteiger partial charge in [0.2, 0.25) is 0 Å². The van der Waals surface area contributed by atoms with E-state index in [1.807, 2.05) is 6.07 Å². The van der Waals surface area contributed by atoms with Crippen LogP contribution in [0.4, 0.5) is 19.0 Å². The Hall–Kier alpha value is -4.39. The van der Waals surface area contributed by atoms with E-state index in [-0.39, 0.29) is 34.0 Å². The molecule has 1 amide bonds. The lowest BCUT2D eigenvalue weighted by molar-refractivity contribution is -0.137. The van der Waals surface area contributed by atoms with Crippen LogP contribution in [0.25, 0.3) is 11.1 Å². The van der Waals surface area contributed by atoms with Crippen LogP contribution in [0.3, 0.4) is 0 Å². The van der Waals surface area contributed by atoms with Crippen LogP contribution in [0, 0.1) is 18.3 Å². The summed E-state index contributed by atoms with van der Waals surface area (Å²) in [4.78, 5) is 29.1. The van der Waals surface area contributed by atoms with E-state index in [0.29, 0.717) is 17.2 Å². The summed E-state index contributed by atoms with van der Waals surface area (Å²) >= 11 is 0. The number of anilines is 1. The van der Waals surface area contributed by atoms with Crippen molar-refractivity contribution in [1.29, 1.82) is 5.26 Å². The van der Waals surface area contributed by atoms with Gasteiger partial charge < -0.3 is 16.2 Å². The highest BCUT2D eigenvalue weighted by molar-refractivity contribution is 6.10. The van der Waals surface area contributed by atoms with Crippen LogP contribution >= 0.6 is 0 Å². The van der Waals surface area contributed by atoms with Crippen molar-refractivity contribution in [2.45, 2.75) is 13.1 Å². The van der Waals surface area contributed by atoms with E-state index in [4.69, 9.17) is 21.5 Å². The molecule has 1 aromatic heterocycles. The zero-order valence-corrected chi connectivity index (χ0v) is 16.5. The predicted molar refractivity (Wildman–Crippen MR) is 108 cm³/mol. The number of rotatable bonds is 4. The Morgan fingerprint density at radius 1 is 1.09 bits per heavy atom. The molecule has 32 heavy (non-hydrogen) atoms. The third-order valence-corrected chi connectivity index (χ3v) is 4.53. The number of primary amides is 1. The Labute approximate surface area is 180 Å². The Kier molecular flexibility index (Phi) is 5.85. The maximum atomic E-state index is 13.0. The van der Waals surface area contributed by atoms with E-state index in [2.05, 4.69) is 4.98 Å². The molecule has 0 saturated heterocycles. The average Bonchev–Trinajstić information content (AvgIpc) is 2.72. The second kappa shape index (κ2) is 8.39. The lowest BCUT2D eigenvalue weighted by Crippen LogP contribution is -2.21. The van der Waals surface area contributed by atoms with Gasteiger partial charge in [0.1, 0.15) is 11.6 Å². The van der Waals surface area contributed by atoms with Gasteiger partial charge in [0.15, 0.2) is 0 Å². The first-order valence-corrected chi connectivity index (χ1v) is 9.02. The Bertz CT molecular complexity index is 1260. The third kappa shape index (κ3) is 4.37. The number of alkyl halides is 3. The molecule has 0 radical (unpaired) electrons. The number of nitrogen functional groups attached to an aromatic ring is 1. The second-order valence-corrected chi connectivity index (χ2v) is 6.68. The first-order chi connectivity index (χ1) is 15.0. The van der Waals surface area contributed by atoms with E-state index in [9.17, 15) is 22.8 Å². The summed E-state index contributed by atoms with van der Waals surface area (Å²) in [6.45, 7) is 1.43. The fourth-order valence-electron chi connectivity index (χ4n) is 3.12. The van der Waals surface area contributed by atoms with Gasteiger partial charge in [0.25, 0.3) is 5.91 Å². The van der Waals surface area contributed by atoms with Gasteiger partial charge in [0, 0.05) is 5.56 Å². The van der Waals surface area contributed by atoms with E-state index in [1.165, 1.54) is 37.3 Å². The molecule has 0 aliphatic heterocycles. The van der Waals surface area contributed by atoms with Gasteiger partial charge in [-0.1, -0.05) is 18.2 Å². The van der Waals surface area contributed by atoms with Crippen molar-refractivity contribution in [3.8, 4) is 22.9 Å². The van der Waals surface area contributed by atoms with Crippen molar-refractivity contribution in [1.82, 2.24) is 4.98 Å². The molecule has 1 heterocycles. The van der Waals surface area contributed by atoms with Gasteiger partial charge in [-0.25, -0.2) is 9.78 Å². The number of ether oxygens (including phenoxy) is 1. The average molecular weight is 440 g/mol. The number of halogens is 3. The molecule has 0 atom stereocenters. The van der Waals surface area contributed by atoms with Crippen LogP contribution in [0.15, 0.2) is 48.5 Å². The maximum absolute atomic E-state index is 13.0. The van der Waals surface area contributed by atoms with Crippen LogP contribution in [0.5, 0.6) is 5.75 Å². The van der Waals surface area contributed by atoms with Crippen molar-refractivity contribution >= 4 is 17.7 Å². The molecular weight excluding hydrogens is 425 g/mol. The highest BCUT2D eigenvalue weighted by Crippen LogP contribution is 2.35. The SMILES string of the molecule is Cc1nc(N)c(C(N)=O)c(-c2ccc(C#N)cc2)c1C(=O)Oc1cccc(C(F)(F)F)c1. The largest absolute Gasteiger partial charge is 0.423 e. The highest BCUT2D eigenvalue weighted by atomic mass is 19.4. The molecule has 7 nitrogen and oxygen atoms in total. The summed E-state index contributed by atoms with van der Waals surface area (Å²) in [7, 11) is 0. The fourth-order valence-corrected chi connectivity index (χ4v) is 3.12. The van der Waals surface area contributed by atoms with E-state index >= 15 is 0 Å². The summed E-state index contributed by atoms with van der Waals surface area (Å²) in [6.07, 6.45) is -4.63. The van der Waals surface area contributed by atoms with Crippen molar-refractivity contribution in [2.24, 2.45) is 5.73 Å². The molecule has 0 saturated carbocycles. The number of aromatic nitrogens is 1. The van der Waals surface area contributed by atoms with Gasteiger partial charge in [-0.2, -0.15) is 18.4 Å². The van der Waals surface area contributed by atoms with Crippen LogP contribution in [0.2, 0.25) is 0 Å². The molecule has 162 valence electrons. The second-order valence-electron chi connectivity index (χ2n) is 6.68. The van der Waals surface area contributed by atoms with E-state index < -0.39 is 23.6 Å². The molecular formula is C22H15F3N4O3. The van der Waals surface area contributed by atoms with Gasteiger partial charge in [-0.05, 0) is 42.8 Å². The van der Waals surface area contributed by atoms with Crippen molar-refractivity contribution in [3.05, 3.63) is 76.5 Å². The number of aryl methyl sites for hydroxylation is 1. The summed E-state index contributed by atoms with van der Waals surface area (Å²) in [5.74, 6) is -2.61. The number of carbonyl (C=O) groups is 2. The molecule has 0 spiro atoms. The summed E-state index contributed by atoms with van der Waals surface area (Å²) in [5.41, 5.74) is 10.6. The smallest absolute Gasteiger partial charge is 0.416 e. The molecule has 0 aliphatic rings. The predicted octanol–water partition coefficient (Wildman–Crippen LogP) is 3.85. The van der Waals surface area contributed by atoms with Gasteiger partial charge >= 0.3 is 12.1 Å². The summed E-state index contributed by atoms with van der Waals surface area (Å²) in [6, 6.07) is 11.6. The number of nitrogens with zero attached hydrogens (tertiary/aromatic N) is 2. The monoisotopic (exact) mass is 440 g/mol. The Morgan fingerprint density at radius 3 is 2.31 bits per heavy atom. The van der Waals surface area contributed by atoms with Gasteiger partial charge in [0.05, 0.1) is 34.0 Å². The number of carbonyl (C=O) groups excluding carboxylic acids is 2. The summed E-state index contributed by atoms with van der Waals surface area (Å²) in [5, 5.41) is 9.01. The summed E-state index contributed by atoms with van der Waals surface area (Å²) < 4.78 is 44.1. The minimum atomic E-state index is -4.63. The Morgan fingerprint density at radius 2 is 1.75 bits per heavy atom. The Balaban J connectivity index is 2.17. The van der Waals surface area contributed by atoms with Crippen LogP contribution in [0.1, 0.15) is 37.5 Å². The number of hydrogen-bond donors (Lipinski definition) is 2. The topological polar surface area (TPSA) is 132 Å². The van der Waals surface area contributed by atoms with Crippen LogP contribution in [-0.2, 0) is 6.18 Å². The number of esters is 1. The molecule has 0 bridgehead atoms. The zero-order valence-electron chi connectivity index (χ0n) is 16.5. The number of amides is 1. The van der Waals surface area contributed by atoms with E-state index in [0.717, 1.165) is 12.1 Å². The standard InChI is InChI=1S/C22H15F3N4O3/c1-11-16(21(31)32-15-4-2-3-14(9-15)22(23,24)25)17(18(20(28)30)19(27)29-11)13-7-5-12(10-26)6-8-13/h2-9H,1H3,(H2,27,29)(H2,28,30). The zero-order chi connectivity index (χ0) is 23.6. The minimum Gasteiger partial charge on any atom is -0.423 e. The first-order valence-electron chi connectivity index (χ1n) is 9.02. The number of nitriles is 1. The number of nitrogens with two attached hydrogens (primary N) is 2. The molecule has 10 heteroatoms. The molecule has 0 unspecified atom stereocenters. The lowest BCUT2D eigenvalue weighted by Gasteiger charge is -2.17. The van der Waals surface area contributed by atoms with Gasteiger partial charge in [-0.15, -0.1) is 0 Å². The molecule has 4 N–H and O–H groups in total. The molecule has 0 fully saturated rings.